The highest BCUT2D eigenvalue weighted by atomic mass is 32.2. The maximum Gasteiger partial charge on any atom is 0.416 e. The highest BCUT2D eigenvalue weighted by Gasteiger charge is 2.30. The van der Waals surface area contributed by atoms with Gasteiger partial charge >= 0.3 is 11.4 Å². The van der Waals surface area contributed by atoms with E-state index in [0.29, 0.717) is 12.1 Å². The summed E-state index contributed by atoms with van der Waals surface area (Å²) in [4.78, 5) is 10.7. The third kappa shape index (κ3) is 3.71. The number of halogens is 3. The number of nitrogens with one attached hydrogen (secondary N) is 1. The lowest BCUT2D eigenvalue weighted by atomic mass is 10.2. The summed E-state index contributed by atoms with van der Waals surface area (Å²) in [6, 6.07) is 2.97. The molecule has 0 radical (unpaired) electrons. The largest absolute Gasteiger partial charge is 0.740 e. The first-order valence-electron chi connectivity index (χ1n) is 4.05. The molecular weight excluding hydrogens is 263 g/mol. The minimum atomic E-state index is -5.16. The Balaban J connectivity index is 2.87. The summed E-state index contributed by atoms with van der Waals surface area (Å²) < 4.78 is 67.1. The van der Waals surface area contributed by atoms with Crippen LogP contribution in [0.15, 0.2) is 24.3 Å². The Morgan fingerprint density at radius 3 is 2.00 bits per heavy atom. The van der Waals surface area contributed by atoms with Gasteiger partial charge in [-0.2, -0.15) is 13.2 Å². The average Bonchev–Trinajstić information content (AvgIpc) is 2.15. The average molecular weight is 268 g/mol. The first kappa shape index (κ1) is 13.5. The zero-order valence-corrected chi connectivity index (χ0v) is 8.80. The van der Waals surface area contributed by atoms with Gasteiger partial charge in [-0.1, -0.05) is 0 Å². The van der Waals surface area contributed by atoms with Crippen molar-refractivity contribution in [1.82, 2.24) is 0 Å². The number of hydrogen-bond acceptors (Lipinski definition) is 4. The molecule has 94 valence electrons. The Morgan fingerprint density at radius 2 is 1.65 bits per heavy atom. The molecule has 9 heteroatoms. The fourth-order valence-corrected chi connectivity index (χ4v) is 1.17. The topological polar surface area (TPSA) is 86.3 Å². The molecule has 0 saturated carbocycles. The standard InChI is InChI=1S/C8H6F3NO4S/c9-8(10,11)5-1-3-6(4-2-5)12-7(13)17(14,15)16/h1-4H,(H,12,13)(H,14,15,16)/p-1. The number of hydrogen-bond donors (Lipinski definition) is 1. The second kappa shape index (κ2) is 4.34. The molecule has 0 aliphatic heterocycles. The number of alkyl halides is 3. The van der Waals surface area contributed by atoms with Crippen LogP contribution >= 0.6 is 0 Å². The summed E-state index contributed by atoms with van der Waals surface area (Å²) in [7, 11) is -5.16. The van der Waals surface area contributed by atoms with E-state index in [1.54, 1.807) is 5.32 Å². The van der Waals surface area contributed by atoms with Crippen LogP contribution in [0, 0.1) is 0 Å². The first-order valence-corrected chi connectivity index (χ1v) is 5.45. The lowest BCUT2D eigenvalue weighted by Crippen LogP contribution is -2.20. The number of anilines is 1. The molecule has 17 heavy (non-hydrogen) atoms. The summed E-state index contributed by atoms with van der Waals surface area (Å²) in [5.74, 6) is 0. The van der Waals surface area contributed by atoms with Crippen molar-refractivity contribution in [1.29, 1.82) is 0 Å². The second-order valence-electron chi connectivity index (χ2n) is 2.94. The van der Waals surface area contributed by atoms with Crippen molar-refractivity contribution < 1.29 is 30.9 Å². The molecule has 0 saturated heterocycles. The van der Waals surface area contributed by atoms with Gasteiger partial charge in [-0.15, -0.1) is 0 Å². The monoisotopic (exact) mass is 268 g/mol. The molecule has 0 aromatic heterocycles. The maximum absolute atomic E-state index is 12.1. The summed E-state index contributed by atoms with van der Waals surface area (Å²) in [5, 5.41) is -0.168. The fraction of sp³-hybridized carbons (Fsp3) is 0.125. The Bertz CT molecular complexity index is 521. The number of benzene rings is 1. The lowest BCUT2D eigenvalue weighted by Gasteiger charge is -2.10. The number of carbonyl (C=O) groups is 1. The van der Waals surface area contributed by atoms with E-state index >= 15 is 0 Å². The molecule has 5 nitrogen and oxygen atoms in total. The van der Waals surface area contributed by atoms with Crippen molar-refractivity contribution in [3.63, 3.8) is 0 Å². The normalized spacial score (nSPS) is 12.2. The Labute approximate surface area is 94.0 Å². The van der Waals surface area contributed by atoms with Crippen LogP contribution in [0.3, 0.4) is 0 Å². The van der Waals surface area contributed by atoms with E-state index in [2.05, 4.69) is 0 Å². The van der Waals surface area contributed by atoms with Crippen molar-refractivity contribution in [2.24, 2.45) is 0 Å². The summed E-state index contributed by atoms with van der Waals surface area (Å²) in [5.41, 5.74) is -1.18. The van der Waals surface area contributed by atoms with Gasteiger partial charge in [0.25, 0.3) is 0 Å². The number of amides is 1. The van der Waals surface area contributed by atoms with Gasteiger partial charge in [0.15, 0.2) is 10.1 Å². The highest BCUT2D eigenvalue weighted by molar-refractivity contribution is 8.01. The quantitative estimate of drug-likeness (QED) is 0.786. The van der Waals surface area contributed by atoms with Crippen molar-refractivity contribution in [3.8, 4) is 0 Å². The second-order valence-corrected chi connectivity index (χ2v) is 4.22. The molecule has 1 amide bonds. The van der Waals surface area contributed by atoms with Crippen molar-refractivity contribution in [3.05, 3.63) is 29.8 Å². The maximum atomic E-state index is 12.1. The van der Waals surface area contributed by atoms with E-state index < -0.39 is 27.1 Å². The molecule has 0 unspecified atom stereocenters. The third-order valence-corrected chi connectivity index (χ3v) is 2.24. The molecule has 0 atom stereocenters. The SMILES string of the molecule is O=C(Nc1ccc(C(F)(F)F)cc1)S(=O)(=O)[O-]. The van der Waals surface area contributed by atoms with Crippen LogP contribution in [-0.2, 0) is 16.3 Å². The van der Waals surface area contributed by atoms with Gasteiger partial charge in [0, 0.05) is 5.69 Å². The third-order valence-electron chi connectivity index (χ3n) is 1.69. The van der Waals surface area contributed by atoms with E-state index in [9.17, 15) is 30.9 Å². The molecule has 1 aromatic rings. The van der Waals surface area contributed by atoms with Gasteiger partial charge in [-0.05, 0) is 24.3 Å². The van der Waals surface area contributed by atoms with Crippen LogP contribution in [-0.4, -0.2) is 18.2 Å². The van der Waals surface area contributed by atoms with Crippen LogP contribution in [0.2, 0.25) is 0 Å². The fourth-order valence-electron chi connectivity index (χ4n) is 0.923. The van der Waals surface area contributed by atoms with Crippen LogP contribution in [0.1, 0.15) is 5.56 Å². The van der Waals surface area contributed by atoms with Gasteiger partial charge in [-0.25, -0.2) is 8.42 Å². The van der Waals surface area contributed by atoms with Crippen LogP contribution < -0.4 is 5.32 Å². The van der Waals surface area contributed by atoms with Gasteiger partial charge in [0.2, 0.25) is 0 Å². The van der Waals surface area contributed by atoms with E-state index in [4.69, 9.17) is 0 Å². The molecule has 0 heterocycles. The van der Waals surface area contributed by atoms with Gasteiger partial charge in [-0.3, -0.25) is 4.79 Å². The van der Waals surface area contributed by atoms with Gasteiger partial charge in [0.05, 0.1) is 5.56 Å². The summed E-state index contributed by atoms with van der Waals surface area (Å²) in [6.07, 6.45) is -4.53. The number of carbonyl (C=O) groups excluding carboxylic acids is 1. The van der Waals surface area contributed by atoms with Crippen LogP contribution in [0.25, 0.3) is 0 Å². The number of rotatable bonds is 1. The molecule has 1 aromatic carbocycles. The molecule has 0 aliphatic rings. The van der Waals surface area contributed by atoms with Crippen molar-refractivity contribution in [2.75, 3.05) is 5.32 Å². The van der Waals surface area contributed by atoms with E-state index in [-0.39, 0.29) is 5.69 Å². The van der Waals surface area contributed by atoms with E-state index in [0.717, 1.165) is 12.1 Å². The molecular formula is C8H5F3NO4S-. The van der Waals surface area contributed by atoms with Gasteiger partial charge < -0.3 is 9.87 Å². The lowest BCUT2D eigenvalue weighted by molar-refractivity contribution is -0.137. The van der Waals surface area contributed by atoms with E-state index in [1.807, 2.05) is 0 Å². The Hall–Kier alpha value is -1.61. The minimum absolute atomic E-state index is 0.220. The van der Waals surface area contributed by atoms with Gasteiger partial charge in [0.1, 0.15) is 0 Å². The predicted molar refractivity (Wildman–Crippen MR) is 50.2 cm³/mol. The predicted octanol–water partition coefficient (Wildman–Crippen LogP) is 1.78. The molecule has 1 rings (SSSR count). The molecule has 0 fully saturated rings. The van der Waals surface area contributed by atoms with E-state index in [1.165, 1.54) is 0 Å². The first-order chi connectivity index (χ1) is 7.60. The zero-order valence-electron chi connectivity index (χ0n) is 7.98. The molecule has 0 spiro atoms. The zero-order chi connectivity index (χ0) is 13.3. The van der Waals surface area contributed by atoms with Crippen molar-refractivity contribution in [2.45, 2.75) is 6.18 Å². The molecule has 1 N–H and O–H groups in total. The summed E-state index contributed by atoms with van der Waals surface area (Å²) >= 11 is 0. The van der Waals surface area contributed by atoms with Crippen LogP contribution in [0.5, 0.6) is 0 Å². The molecule has 0 aliphatic carbocycles. The summed E-state index contributed by atoms with van der Waals surface area (Å²) in [6.45, 7) is 0. The highest BCUT2D eigenvalue weighted by Crippen LogP contribution is 2.29. The Kier molecular flexibility index (Phi) is 3.43. The Morgan fingerprint density at radius 1 is 1.18 bits per heavy atom. The minimum Gasteiger partial charge on any atom is -0.740 e. The van der Waals surface area contributed by atoms with Crippen LogP contribution in [0.4, 0.5) is 23.7 Å². The van der Waals surface area contributed by atoms with Crippen molar-refractivity contribution >= 4 is 21.0 Å². The molecule has 0 bridgehead atoms. The smallest absolute Gasteiger partial charge is 0.416 e.